The maximum Gasteiger partial charge on any atom is 0.350 e. The van der Waals surface area contributed by atoms with Crippen LogP contribution in [0.15, 0.2) is 74.1 Å². The number of ketones is 1. The van der Waals surface area contributed by atoms with Gasteiger partial charge in [0.15, 0.2) is 15.1 Å². The van der Waals surface area contributed by atoms with Gasteiger partial charge in [-0.15, -0.1) is 0 Å². The molecular formula is C29H30BrFN12O5S2. The van der Waals surface area contributed by atoms with E-state index >= 15 is 0 Å². The van der Waals surface area contributed by atoms with Crippen LogP contribution in [0.3, 0.4) is 0 Å². The van der Waals surface area contributed by atoms with Crippen molar-refractivity contribution in [3.63, 3.8) is 0 Å². The molecule has 5 heterocycles. The topological polar surface area (TPSA) is 236 Å². The molecule has 0 radical (unpaired) electrons. The van der Waals surface area contributed by atoms with Crippen molar-refractivity contribution in [3.8, 4) is 11.4 Å². The van der Waals surface area contributed by atoms with Crippen LogP contribution in [-0.4, -0.2) is 92.9 Å². The number of nitrogens with zero attached hydrogens (tertiary/aromatic N) is 9. The number of Topliss-reactive ketones (excluding diaryl/α,β-unsaturated/α-hetero) is 1. The summed E-state index contributed by atoms with van der Waals surface area (Å²) in [5, 5.41) is 6.20. The molecule has 262 valence electrons. The molecule has 0 aromatic carbocycles. The molecule has 0 bridgehead atoms. The predicted octanol–water partition coefficient (Wildman–Crippen LogP) is 4.01. The van der Waals surface area contributed by atoms with Crippen LogP contribution in [0, 0.1) is 0 Å². The zero-order valence-corrected chi connectivity index (χ0v) is 29.6. The number of carbonyl (C=O) groups is 3. The van der Waals surface area contributed by atoms with Gasteiger partial charge in [0, 0.05) is 49.6 Å². The number of esters is 2. The summed E-state index contributed by atoms with van der Waals surface area (Å²) in [6, 6.07) is 3.42. The number of anilines is 3. The van der Waals surface area contributed by atoms with E-state index in [2.05, 4.69) is 83.6 Å². The summed E-state index contributed by atoms with van der Waals surface area (Å²) in [5.74, 6) is -0.709. The number of aromatic nitrogens is 9. The van der Waals surface area contributed by atoms with E-state index in [1.807, 2.05) is 0 Å². The molecule has 21 heteroatoms. The number of hydrogen-bond acceptors (Lipinski definition) is 17. The van der Waals surface area contributed by atoms with Gasteiger partial charge in [0.1, 0.15) is 22.0 Å². The second-order valence-electron chi connectivity index (χ2n) is 8.34. The van der Waals surface area contributed by atoms with Gasteiger partial charge in [-0.1, -0.05) is 27.3 Å². The fourth-order valence-electron chi connectivity index (χ4n) is 3.12. The van der Waals surface area contributed by atoms with Gasteiger partial charge in [-0.3, -0.25) is 28.9 Å². The predicted molar refractivity (Wildman–Crippen MR) is 190 cm³/mol. The van der Waals surface area contributed by atoms with Gasteiger partial charge in [0.05, 0.1) is 34.1 Å². The van der Waals surface area contributed by atoms with Crippen molar-refractivity contribution in [2.75, 3.05) is 31.0 Å². The Kier molecular flexibility index (Phi) is 17.8. The van der Waals surface area contributed by atoms with Crippen molar-refractivity contribution in [2.24, 2.45) is 5.73 Å². The lowest BCUT2D eigenvalue weighted by atomic mass is 10.2. The number of thiazole rings is 1. The lowest BCUT2D eigenvalue weighted by molar-refractivity contribution is -0.141. The molecule has 5 rings (SSSR count). The van der Waals surface area contributed by atoms with Crippen molar-refractivity contribution in [1.82, 2.24) is 44.9 Å². The monoisotopic (exact) mass is 789 g/mol. The highest BCUT2D eigenvalue weighted by atomic mass is 79.9. The number of ether oxygens (including phenoxy) is 2. The lowest BCUT2D eigenvalue weighted by Crippen LogP contribution is -2.27. The fourth-order valence-corrected chi connectivity index (χ4v) is 4.44. The Morgan fingerprint density at radius 2 is 1.50 bits per heavy atom. The van der Waals surface area contributed by atoms with Crippen LogP contribution < -0.4 is 16.4 Å². The second-order valence-corrected chi connectivity index (χ2v) is 10.7. The quantitative estimate of drug-likeness (QED) is 0.0596. The number of carbonyl (C=O) groups excluding carboxylic acids is 3. The summed E-state index contributed by atoms with van der Waals surface area (Å²) < 4.78 is 25.3. The maximum absolute atomic E-state index is 12.1. The van der Waals surface area contributed by atoms with Crippen molar-refractivity contribution in [1.29, 1.82) is 0 Å². The third-order valence-corrected chi connectivity index (χ3v) is 6.86. The molecule has 5 aromatic rings. The smallest absolute Gasteiger partial charge is 0.350 e. The number of rotatable bonds is 10. The Morgan fingerprint density at radius 3 is 2.02 bits per heavy atom. The van der Waals surface area contributed by atoms with E-state index in [4.69, 9.17) is 16.6 Å². The number of nitrogens with two attached hydrogens (primary N) is 1. The fraction of sp³-hybridized carbons (Fsp3) is 0.207. The van der Waals surface area contributed by atoms with E-state index in [-0.39, 0.29) is 24.0 Å². The average Bonchev–Trinajstić information content (AvgIpc) is 3.57. The molecule has 0 aliphatic rings. The summed E-state index contributed by atoms with van der Waals surface area (Å²) in [6.45, 7) is 3.93. The van der Waals surface area contributed by atoms with Crippen LogP contribution in [0.5, 0.6) is 0 Å². The Balaban J connectivity index is 0.000000276. The maximum atomic E-state index is 12.1. The Hall–Kier alpha value is -5.54. The molecule has 0 saturated carbocycles. The Labute approximate surface area is 304 Å². The lowest BCUT2D eigenvalue weighted by Gasteiger charge is -2.06. The molecule has 0 fully saturated rings. The molecule has 5 aromatic heterocycles. The highest BCUT2D eigenvalue weighted by molar-refractivity contribution is 9.10. The normalized spacial score (nSPS) is 10.4. The molecule has 0 spiro atoms. The minimum absolute atomic E-state index is 0.132. The summed E-state index contributed by atoms with van der Waals surface area (Å²) >= 11 is 8.67. The van der Waals surface area contributed by atoms with E-state index in [9.17, 15) is 18.8 Å². The van der Waals surface area contributed by atoms with Crippen LogP contribution in [0.1, 0.15) is 35.4 Å². The van der Waals surface area contributed by atoms with E-state index in [1.54, 1.807) is 63.2 Å². The second kappa shape index (κ2) is 22.9. The first-order valence-corrected chi connectivity index (χ1v) is 16.1. The molecule has 0 amide bonds. The molecular weight excluding hydrogens is 759 g/mol. The van der Waals surface area contributed by atoms with Crippen LogP contribution in [0.2, 0.25) is 0 Å². The van der Waals surface area contributed by atoms with Crippen molar-refractivity contribution in [3.05, 3.63) is 84.7 Å². The Bertz CT molecular complexity index is 1790. The van der Waals surface area contributed by atoms with Crippen LogP contribution in [0.4, 0.5) is 21.4 Å². The standard InChI is InChI=1S/C14H12N6O2S.C9H9BrN2O3.C5H6N4S.CH3F/c1-2-22-12(21)11-10(9-8-15-6-7-16-9)19-14(23-11)20-13-17-4-3-5-18-13;1-2-15-9(14)7(10)8(13)6-5-11-3-4-12-6;6-4(10)9-5-7-2-1-3-8-5;1-2/h3-8H,2H2,1H3,(H,17,18,19,20);3-5,7H,2H2,1H3;1-3H,(H3,6,7,8,9,10);1H3/i;;;1D. The average molecular weight is 791 g/mol. The zero-order chi connectivity index (χ0) is 37.4. The largest absolute Gasteiger partial charge is 0.465 e. The minimum atomic E-state index is -1.02. The molecule has 1 unspecified atom stereocenters. The summed E-state index contributed by atoms with van der Waals surface area (Å²) in [5.41, 5.74) is 6.21. The summed E-state index contributed by atoms with van der Waals surface area (Å²) in [7, 11) is -1.00. The summed E-state index contributed by atoms with van der Waals surface area (Å²) in [6.07, 6.45) is 15.2. The van der Waals surface area contributed by atoms with Crippen molar-refractivity contribution < 1.29 is 29.6 Å². The molecule has 0 saturated heterocycles. The molecule has 0 aliphatic heterocycles. The van der Waals surface area contributed by atoms with Gasteiger partial charge < -0.3 is 25.8 Å². The van der Waals surface area contributed by atoms with Gasteiger partial charge >= 0.3 is 11.9 Å². The SMILES string of the molecule is CCOC(=O)C(Br)C(=O)c1cnccn1.CCOC(=O)c1sc(Nc2ncccn2)nc1-c1cnccn1.NC(=S)Nc1ncccn1.[2H]CF. The van der Waals surface area contributed by atoms with Gasteiger partial charge in [-0.2, -0.15) is 0 Å². The first kappa shape index (κ1) is 38.9. The molecule has 0 aliphatic carbocycles. The third kappa shape index (κ3) is 13.9. The Morgan fingerprint density at radius 1 is 0.920 bits per heavy atom. The van der Waals surface area contributed by atoms with E-state index < -0.39 is 29.7 Å². The van der Waals surface area contributed by atoms with Gasteiger partial charge in [0.2, 0.25) is 17.7 Å². The van der Waals surface area contributed by atoms with Gasteiger partial charge in [0.25, 0.3) is 0 Å². The number of thiocarbonyl (C=S) groups is 1. The van der Waals surface area contributed by atoms with E-state index in [0.717, 1.165) is 11.3 Å². The molecule has 17 nitrogen and oxygen atoms in total. The number of hydrogen-bond donors (Lipinski definition) is 3. The molecule has 50 heavy (non-hydrogen) atoms. The summed E-state index contributed by atoms with van der Waals surface area (Å²) in [4.78, 5) is 70.2. The van der Waals surface area contributed by atoms with Gasteiger partial charge in [-0.05, 0) is 38.2 Å². The first-order chi connectivity index (χ1) is 24.6. The molecule has 1 atom stereocenters. The number of nitrogens with one attached hydrogen (secondary N) is 2. The van der Waals surface area contributed by atoms with Crippen LogP contribution in [-0.2, 0) is 14.3 Å². The van der Waals surface area contributed by atoms with Crippen LogP contribution in [0.25, 0.3) is 11.4 Å². The van der Waals surface area contributed by atoms with Crippen LogP contribution >= 0.6 is 39.5 Å². The zero-order valence-electron chi connectivity index (χ0n) is 27.3. The van der Waals surface area contributed by atoms with E-state index in [1.165, 1.54) is 24.8 Å². The van der Waals surface area contributed by atoms with Gasteiger partial charge in [-0.25, -0.2) is 34.7 Å². The first-order valence-electron chi connectivity index (χ1n) is 14.6. The number of halogens is 2. The molecule has 4 N–H and O–H groups in total. The minimum Gasteiger partial charge on any atom is -0.465 e. The third-order valence-electron chi connectivity index (χ3n) is 5.02. The van der Waals surface area contributed by atoms with Crippen molar-refractivity contribution >= 4 is 79.3 Å². The van der Waals surface area contributed by atoms with E-state index in [0.29, 0.717) is 33.3 Å². The van der Waals surface area contributed by atoms with Crippen molar-refractivity contribution in [2.45, 2.75) is 18.7 Å². The highest BCUT2D eigenvalue weighted by Gasteiger charge is 2.27. The highest BCUT2D eigenvalue weighted by Crippen LogP contribution is 2.31. The number of alkyl halides is 2.